The zero-order valence-corrected chi connectivity index (χ0v) is 30.2. The summed E-state index contributed by atoms with van der Waals surface area (Å²) in [6.07, 6.45) is 0. The van der Waals surface area contributed by atoms with E-state index in [4.69, 9.17) is 19.4 Å². The molecule has 3 aromatic heterocycles. The zero-order chi connectivity index (χ0) is 37.0. The van der Waals surface area contributed by atoms with Crippen LogP contribution in [0.4, 0.5) is 0 Å². The Bertz CT molecular complexity index is 3220. The third-order valence-corrected chi connectivity index (χ3v) is 10.7. The largest absolute Gasteiger partial charge is 0.455 e. The van der Waals surface area contributed by atoms with Crippen LogP contribution in [0.3, 0.4) is 0 Å². The van der Waals surface area contributed by atoms with Gasteiger partial charge in [-0.15, -0.1) is 0 Å². The number of para-hydroxylation sites is 2. The Morgan fingerprint density at radius 1 is 0.339 bits per heavy atom. The van der Waals surface area contributed by atoms with E-state index in [-0.39, 0.29) is 0 Å². The Kier molecular flexibility index (Phi) is 7.42. The molecule has 0 radical (unpaired) electrons. The minimum absolute atomic E-state index is 0.622. The van der Waals surface area contributed by atoms with Gasteiger partial charge in [0.2, 0.25) is 0 Å². The Morgan fingerprint density at radius 2 is 0.857 bits per heavy atom. The van der Waals surface area contributed by atoms with Crippen LogP contribution in [-0.4, -0.2) is 19.5 Å². The summed E-state index contributed by atoms with van der Waals surface area (Å²) in [5, 5.41) is 4.51. The van der Waals surface area contributed by atoms with Gasteiger partial charge >= 0.3 is 0 Å². The van der Waals surface area contributed by atoms with Crippen LogP contribution in [0.5, 0.6) is 0 Å². The molecule has 0 N–H and O–H groups in total. The third-order valence-electron chi connectivity index (χ3n) is 10.7. The molecule has 262 valence electrons. The van der Waals surface area contributed by atoms with Crippen molar-refractivity contribution in [1.82, 2.24) is 19.5 Å². The van der Waals surface area contributed by atoms with Crippen LogP contribution in [0.1, 0.15) is 0 Å². The Hall–Kier alpha value is -7.63. The van der Waals surface area contributed by atoms with Crippen LogP contribution in [0.15, 0.2) is 199 Å². The van der Waals surface area contributed by atoms with E-state index in [9.17, 15) is 0 Å². The molecule has 0 saturated carbocycles. The highest BCUT2D eigenvalue weighted by molar-refractivity contribution is 6.24. The fourth-order valence-electron chi connectivity index (χ4n) is 7.95. The van der Waals surface area contributed by atoms with Crippen molar-refractivity contribution in [1.29, 1.82) is 0 Å². The first-order chi connectivity index (χ1) is 27.7. The first-order valence-electron chi connectivity index (χ1n) is 18.8. The van der Waals surface area contributed by atoms with Gasteiger partial charge in [-0.05, 0) is 70.8 Å². The quantitative estimate of drug-likeness (QED) is 0.172. The van der Waals surface area contributed by atoms with E-state index in [0.29, 0.717) is 17.5 Å². The van der Waals surface area contributed by atoms with Gasteiger partial charge in [0, 0.05) is 38.5 Å². The number of hydrogen-bond donors (Lipinski definition) is 0. The SMILES string of the molecule is c1ccc(-c2cccc(-c3nc(-c4ccccc4)nc(-c4ccc(-c5ccc6c(c5)oc5c6ccc6c5c5ccccc5n6-c5ccccc5)cc4)n3)c2)cc1. The zero-order valence-electron chi connectivity index (χ0n) is 30.2. The lowest BCUT2D eigenvalue weighted by Crippen LogP contribution is -2.00. The molecular formula is C51H32N4O. The molecule has 8 aromatic carbocycles. The van der Waals surface area contributed by atoms with Gasteiger partial charge in [0.05, 0.1) is 16.4 Å². The monoisotopic (exact) mass is 716 g/mol. The lowest BCUT2D eigenvalue weighted by molar-refractivity contribution is 0.673. The van der Waals surface area contributed by atoms with Crippen molar-refractivity contribution in [2.24, 2.45) is 0 Å². The second-order valence-corrected chi connectivity index (χ2v) is 14.0. The summed E-state index contributed by atoms with van der Waals surface area (Å²) in [6, 6.07) is 67.3. The predicted molar refractivity (Wildman–Crippen MR) is 229 cm³/mol. The highest BCUT2D eigenvalue weighted by Gasteiger charge is 2.19. The van der Waals surface area contributed by atoms with Crippen LogP contribution in [0, 0.1) is 0 Å². The molecule has 5 heteroatoms. The van der Waals surface area contributed by atoms with E-state index in [1.54, 1.807) is 0 Å². The van der Waals surface area contributed by atoms with E-state index >= 15 is 0 Å². The van der Waals surface area contributed by atoms with Gasteiger partial charge in [-0.1, -0.05) is 146 Å². The molecule has 0 amide bonds. The standard InChI is InChI=1S/C51H32N4O/c1-4-13-33(14-5-1)37-17-12-18-39(31-37)51-53-49(35-15-6-2-7-16-35)52-50(54-51)36-25-23-34(24-26-36)38-27-28-41-42-29-30-45-47(48(42)56-46(41)32-38)43-21-10-11-22-44(43)55(45)40-19-8-3-9-20-40/h1-32H. The maximum absolute atomic E-state index is 6.78. The van der Waals surface area contributed by atoms with Crippen molar-refractivity contribution in [3.05, 3.63) is 194 Å². The van der Waals surface area contributed by atoms with Gasteiger partial charge in [0.15, 0.2) is 17.5 Å². The van der Waals surface area contributed by atoms with Gasteiger partial charge in [-0.2, -0.15) is 0 Å². The molecule has 0 aliphatic heterocycles. The molecule has 3 heterocycles. The highest BCUT2D eigenvalue weighted by atomic mass is 16.3. The normalized spacial score (nSPS) is 11.6. The number of nitrogens with zero attached hydrogens (tertiary/aromatic N) is 4. The molecule has 0 bridgehead atoms. The van der Waals surface area contributed by atoms with Crippen molar-refractivity contribution < 1.29 is 4.42 Å². The van der Waals surface area contributed by atoms with Crippen LogP contribution >= 0.6 is 0 Å². The molecule has 0 aliphatic carbocycles. The van der Waals surface area contributed by atoms with Crippen molar-refractivity contribution in [2.75, 3.05) is 0 Å². The van der Waals surface area contributed by atoms with Crippen molar-refractivity contribution in [3.8, 4) is 62.1 Å². The topological polar surface area (TPSA) is 56.7 Å². The van der Waals surface area contributed by atoms with Gasteiger partial charge in [0.25, 0.3) is 0 Å². The predicted octanol–water partition coefficient (Wildman–Crippen LogP) is 13.2. The van der Waals surface area contributed by atoms with Crippen molar-refractivity contribution in [3.63, 3.8) is 0 Å². The molecular weight excluding hydrogens is 685 g/mol. The molecule has 11 aromatic rings. The van der Waals surface area contributed by atoms with Crippen molar-refractivity contribution in [2.45, 2.75) is 0 Å². The Balaban J connectivity index is 0.986. The number of fused-ring (bicyclic) bond motifs is 7. The highest BCUT2D eigenvalue weighted by Crippen LogP contribution is 2.41. The van der Waals surface area contributed by atoms with Crippen LogP contribution in [0.25, 0.3) is 106 Å². The smallest absolute Gasteiger partial charge is 0.164 e. The molecule has 0 saturated heterocycles. The molecule has 11 rings (SSSR count). The molecule has 5 nitrogen and oxygen atoms in total. The third kappa shape index (κ3) is 5.37. The number of hydrogen-bond acceptors (Lipinski definition) is 4. The van der Waals surface area contributed by atoms with Gasteiger partial charge < -0.3 is 8.98 Å². The lowest BCUT2D eigenvalue weighted by Gasteiger charge is -2.10. The Labute approximate surface area is 322 Å². The molecule has 0 unspecified atom stereocenters. The lowest BCUT2D eigenvalue weighted by atomic mass is 10.0. The van der Waals surface area contributed by atoms with Gasteiger partial charge in [-0.3, -0.25) is 0 Å². The average Bonchev–Trinajstić information content (AvgIpc) is 3.83. The summed E-state index contributed by atoms with van der Waals surface area (Å²) in [4.78, 5) is 15.0. The van der Waals surface area contributed by atoms with E-state index in [1.165, 1.54) is 5.39 Å². The molecule has 0 atom stereocenters. The second kappa shape index (κ2) is 13.0. The molecule has 0 aliphatic rings. The van der Waals surface area contributed by atoms with Crippen LogP contribution in [0.2, 0.25) is 0 Å². The van der Waals surface area contributed by atoms with E-state index in [2.05, 4.69) is 162 Å². The van der Waals surface area contributed by atoms with E-state index in [1.807, 2.05) is 36.4 Å². The summed E-state index contributed by atoms with van der Waals surface area (Å²) in [5.74, 6) is 1.89. The number of aromatic nitrogens is 4. The van der Waals surface area contributed by atoms with Gasteiger partial charge in [0.1, 0.15) is 11.2 Å². The molecule has 56 heavy (non-hydrogen) atoms. The maximum atomic E-state index is 6.78. The van der Waals surface area contributed by atoms with E-state index < -0.39 is 0 Å². The van der Waals surface area contributed by atoms with Gasteiger partial charge in [-0.25, -0.2) is 15.0 Å². The molecule has 0 fully saturated rings. The minimum Gasteiger partial charge on any atom is -0.455 e. The Morgan fingerprint density at radius 3 is 1.61 bits per heavy atom. The van der Waals surface area contributed by atoms with Crippen molar-refractivity contribution >= 4 is 43.7 Å². The number of rotatable bonds is 6. The number of furan rings is 1. The second-order valence-electron chi connectivity index (χ2n) is 14.0. The summed E-state index contributed by atoms with van der Waals surface area (Å²) in [6.45, 7) is 0. The van der Waals surface area contributed by atoms with Crippen LogP contribution in [-0.2, 0) is 0 Å². The first kappa shape index (κ1) is 31.9. The fraction of sp³-hybridized carbons (Fsp3) is 0. The van der Waals surface area contributed by atoms with E-state index in [0.717, 1.165) is 83.0 Å². The molecule has 0 spiro atoms. The summed E-state index contributed by atoms with van der Waals surface area (Å²) in [5.41, 5.74) is 12.4. The summed E-state index contributed by atoms with van der Waals surface area (Å²) in [7, 11) is 0. The fourth-order valence-corrected chi connectivity index (χ4v) is 7.95. The summed E-state index contributed by atoms with van der Waals surface area (Å²) >= 11 is 0. The number of benzene rings is 8. The average molecular weight is 717 g/mol. The minimum atomic E-state index is 0.622. The first-order valence-corrected chi connectivity index (χ1v) is 18.8. The summed E-state index contributed by atoms with van der Waals surface area (Å²) < 4.78 is 9.11. The maximum Gasteiger partial charge on any atom is 0.164 e. The van der Waals surface area contributed by atoms with Crippen LogP contribution < -0.4 is 0 Å².